The van der Waals surface area contributed by atoms with Crippen LogP contribution in [0.4, 0.5) is 0 Å². The zero-order chi connectivity index (χ0) is 12.9. The third kappa shape index (κ3) is 2.97. The summed E-state index contributed by atoms with van der Waals surface area (Å²) in [5, 5.41) is 9.12. The highest BCUT2D eigenvalue weighted by molar-refractivity contribution is 6.03. The Kier molecular flexibility index (Phi) is 4.93. The highest BCUT2D eigenvalue weighted by atomic mass is 16.5. The van der Waals surface area contributed by atoms with Crippen molar-refractivity contribution in [3.8, 4) is 0 Å². The van der Waals surface area contributed by atoms with Crippen molar-refractivity contribution >= 4 is 11.9 Å². The summed E-state index contributed by atoms with van der Waals surface area (Å²) >= 11 is 0. The first-order valence-electron chi connectivity index (χ1n) is 6.07. The predicted molar refractivity (Wildman–Crippen MR) is 60.5 cm³/mol. The minimum atomic E-state index is -1.35. The van der Waals surface area contributed by atoms with Crippen LogP contribution in [-0.4, -0.2) is 36.9 Å². The first kappa shape index (κ1) is 14.0. The molecule has 0 aromatic heterocycles. The molecule has 0 bridgehead atoms. The van der Waals surface area contributed by atoms with Gasteiger partial charge in [-0.2, -0.15) is 0 Å². The van der Waals surface area contributed by atoms with E-state index >= 15 is 0 Å². The summed E-state index contributed by atoms with van der Waals surface area (Å²) in [4.78, 5) is 22.8. The molecule has 0 aromatic carbocycles. The van der Waals surface area contributed by atoms with Crippen LogP contribution in [0.5, 0.6) is 0 Å². The van der Waals surface area contributed by atoms with Gasteiger partial charge in [0.15, 0.2) is 5.41 Å². The van der Waals surface area contributed by atoms with Crippen molar-refractivity contribution in [2.24, 2.45) is 11.3 Å². The molecular formula is C12H20O5. The molecule has 0 saturated heterocycles. The monoisotopic (exact) mass is 244 g/mol. The van der Waals surface area contributed by atoms with E-state index in [9.17, 15) is 9.59 Å². The summed E-state index contributed by atoms with van der Waals surface area (Å²) in [6.07, 6.45) is 2.31. The van der Waals surface area contributed by atoms with Crippen molar-refractivity contribution in [2.45, 2.75) is 33.1 Å². The summed E-state index contributed by atoms with van der Waals surface area (Å²) in [6, 6.07) is 0. The Bertz CT molecular complexity index is 289. The van der Waals surface area contributed by atoms with Gasteiger partial charge in [-0.3, -0.25) is 9.59 Å². The number of esters is 1. The Balaban J connectivity index is 2.44. The number of carbonyl (C=O) groups is 2. The summed E-state index contributed by atoms with van der Waals surface area (Å²) in [7, 11) is 0. The van der Waals surface area contributed by atoms with Crippen LogP contribution in [0.3, 0.4) is 0 Å². The van der Waals surface area contributed by atoms with Crippen LogP contribution in [0.25, 0.3) is 0 Å². The fraction of sp³-hybridized carbons (Fsp3) is 0.833. The van der Waals surface area contributed by atoms with Gasteiger partial charge in [0, 0.05) is 12.5 Å². The van der Waals surface area contributed by atoms with E-state index < -0.39 is 17.4 Å². The van der Waals surface area contributed by atoms with Crippen molar-refractivity contribution in [3.63, 3.8) is 0 Å². The molecule has 0 radical (unpaired) electrons. The lowest BCUT2D eigenvalue weighted by Crippen LogP contribution is -2.30. The maximum absolute atomic E-state index is 11.6. The molecule has 1 N–H and O–H groups in total. The Morgan fingerprint density at radius 3 is 2.65 bits per heavy atom. The van der Waals surface area contributed by atoms with Crippen molar-refractivity contribution in [1.29, 1.82) is 0 Å². The Labute approximate surface area is 101 Å². The van der Waals surface area contributed by atoms with Crippen LogP contribution in [0.2, 0.25) is 0 Å². The topological polar surface area (TPSA) is 72.8 Å². The second-order valence-electron chi connectivity index (χ2n) is 4.33. The molecule has 0 aliphatic heterocycles. The minimum Gasteiger partial charge on any atom is -0.480 e. The van der Waals surface area contributed by atoms with Crippen LogP contribution < -0.4 is 0 Å². The third-order valence-corrected chi connectivity index (χ3v) is 3.09. The maximum atomic E-state index is 11.6. The number of hydrogen-bond acceptors (Lipinski definition) is 4. The molecule has 2 atom stereocenters. The van der Waals surface area contributed by atoms with Crippen LogP contribution in [0.1, 0.15) is 33.1 Å². The van der Waals surface area contributed by atoms with Gasteiger partial charge in [0.25, 0.3) is 0 Å². The standard InChI is InChI=1S/C12H20O5/c1-3-5-6-16-8-9-7-12(9,10(13)14)11(15)17-4-2/h9H,3-8H2,1-2H3,(H,13,14)/t9-,12-/m1/s1. The van der Waals surface area contributed by atoms with Gasteiger partial charge in [0.1, 0.15) is 0 Å². The van der Waals surface area contributed by atoms with Gasteiger partial charge in [-0.05, 0) is 19.8 Å². The molecule has 5 nitrogen and oxygen atoms in total. The van der Waals surface area contributed by atoms with Gasteiger partial charge in [0.2, 0.25) is 0 Å². The quantitative estimate of drug-likeness (QED) is 0.397. The maximum Gasteiger partial charge on any atom is 0.323 e. The lowest BCUT2D eigenvalue weighted by atomic mass is 10.1. The molecule has 1 aliphatic carbocycles. The lowest BCUT2D eigenvalue weighted by molar-refractivity contribution is -0.162. The number of aliphatic carboxylic acids is 1. The molecular weight excluding hydrogens is 224 g/mol. The average Bonchev–Trinajstić information content (AvgIpc) is 3.01. The first-order valence-corrected chi connectivity index (χ1v) is 6.07. The number of hydrogen-bond donors (Lipinski definition) is 1. The van der Waals surface area contributed by atoms with Gasteiger partial charge in [-0.15, -0.1) is 0 Å². The van der Waals surface area contributed by atoms with Crippen LogP contribution in [0.15, 0.2) is 0 Å². The zero-order valence-corrected chi connectivity index (χ0v) is 10.4. The highest BCUT2D eigenvalue weighted by Crippen LogP contribution is 2.53. The van der Waals surface area contributed by atoms with E-state index in [1.165, 1.54) is 0 Å². The van der Waals surface area contributed by atoms with Crippen molar-refractivity contribution in [3.05, 3.63) is 0 Å². The molecule has 98 valence electrons. The lowest BCUT2D eigenvalue weighted by Gasteiger charge is -2.11. The molecule has 0 aromatic rings. The predicted octanol–water partition coefficient (Wildman–Crippen LogP) is 1.46. The molecule has 0 spiro atoms. The number of unbranched alkanes of at least 4 members (excludes halogenated alkanes) is 1. The average molecular weight is 244 g/mol. The van der Waals surface area contributed by atoms with Gasteiger partial charge in [-0.1, -0.05) is 13.3 Å². The fourth-order valence-electron chi connectivity index (χ4n) is 1.86. The van der Waals surface area contributed by atoms with Gasteiger partial charge in [-0.25, -0.2) is 0 Å². The Morgan fingerprint density at radius 2 is 2.12 bits per heavy atom. The molecule has 1 saturated carbocycles. The molecule has 17 heavy (non-hydrogen) atoms. The van der Waals surface area contributed by atoms with Gasteiger partial charge < -0.3 is 14.6 Å². The molecule has 1 rings (SSSR count). The van der Waals surface area contributed by atoms with Crippen molar-refractivity contribution in [1.82, 2.24) is 0 Å². The molecule has 0 amide bonds. The van der Waals surface area contributed by atoms with Crippen molar-refractivity contribution < 1.29 is 24.2 Å². The number of carboxylic acids is 1. The Hall–Kier alpha value is -1.10. The van der Waals surface area contributed by atoms with Crippen LogP contribution in [0, 0.1) is 11.3 Å². The Morgan fingerprint density at radius 1 is 1.41 bits per heavy atom. The number of carbonyl (C=O) groups excluding carboxylic acids is 1. The first-order chi connectivity index (χ1) is 8.09. The zero-order valence-electron chi connectivity index (χ0n) is 10.4. The summed E-state index contributed by atoms with van der Waals surface area (Å²) in [5.41, 5.74) is -1.35. The van der Waals surface area contributed by atoms with Gasteiger partial charge in [0.05, 0.1) is 13.2 Å². The highest BCUT2D eigenvalue weighted by Gasteiger charge is 2.67. The summed E-state index contributed by atoms with van der Waals surface area (Å²) in [6.45, 7) is 4.87. The van der Waals surface area contributed by atoms with E-state index in [1.54, 1.807) is 6.92 Å². The summed E-state index contributed by atoms with van der Waals surface area (Å²) < 4.78 is 10.2. The largest absolute Gasteiger partial charge is 0.480 e. The van der Waals surface area contributed by atoms with Gasteiger partial charge >= 0.3 is 11.9 Å². The second-order valence-corrected chi connectivity index (χ2v) is 4.33. The molecule has 1 aliphatic rings. The second kappa shape index (κ2) is 6.00. The van der Waals surface area contributed by atoms with Crippen LogP contribution >= 0.6 is 0 Å². The van der Waals surface area contributed by atoms with E-state index in [-0.39, 0.29) is 12.5 Å². The van der Waals surface area contributed by atoms with Crippen LogP contribution in [-0.2, 0) is 19.1 Å². The number of ether oxygens (including phenoxy) is 2. The van der Waals surface area contributed by atoms with E-state index in [0.29, 0.717) is 19.6 Å². The van der Waals surface area contributed by atoms with E-state index in [2.05, 4.69) is 6.92 Å². The fourth-order valence-corrected chi connectivity index (χ4v) is 1.86. The normalized spacial score (nSPS) is 26.6. The molecule has 5 heteroatoms. The van der Waals surface area contributed by atoms with E-state index in [4.69, 9.17) is 14.6 Å². The third-order valence-electron chi connectivity index (χ3n) is 3.09. The van der Waals surface area contributed by atoms with E-state index in [1.807, 2.05) is 0 Å². The van der Waals surface area contributed by atoms with Crippen molar-refractivity contribution in [2.75, 3.05) is 19.8 Å². The number of carboxylic acid groups (broad SMARTS) is 1. The molecule has 1 fully saturated rings. The molecule has 0 heterocycles. The minimum absolute atomic E-state index is 0.206. The number of rotatable bonds is 8. The SMILES string of the molecule is CCCCOC[C@H]1C[C@@]1(C(=O)O)C(=O)OCC. The molecule has 0 unspecified atom stereocenters. The smallest absolute Gasteiger partial charge is 0.323 e. The van der Waals surface area contributed by atoms with E-state index in [0.717, 1.165) is 12.8 Å². The summed E-state index contributed by atoms with van der Waals surface area (Å²) in [5.74, 6) is -1.97.